The van der Waals surface area contributed by atoms with Crippen LogP contribution < -0.4 is 5.32 Å². The lowest BCUT2D eigenvalue weighted by molar-refractivity contribution is -0.127. The molecule has 2 fully saturated rings. The van der Waals surface area contributed by atoms with Crippen LogP contribution in [0, 0.1) is 11.8 Å². The summed E-state index contributed by atoms with van der Waals surface area (Å²) in [6.07, 6.45) is 5.29. The molecule has 1 saturated heterocycles. The first-order chi connectivity index (χ1) is 9.50. The fraction of sp³-hybridized carbons (Fsp3) is 0.938. The van der Waals surface area contributed by atoms with E-state index in [0.29, 0.717) is 17.9 Å². The Morgan fingerprint density at radius 3 is 2.60 bits per heavy atom. The number of aliphatic hydroxyl groups excluding tert-OH is 1. The molecule has 2 aliphatic rings. The molecule has 4 heteroatoms. The van der Waals surface area contributed by atoms with Crippen molar-refractivity contribution in [2.75, 3.05) is 13.1 Å². The first-order valence-corrected chi connectivity index (χ1v) is 8.22. The predicted molar refractivity (Wildman–Crippen MR) is 80.4 cm³/mol. The summed E-state index contributed by atoms with van der Waals surface area (Å²) in [7, 11) is 0. The van der Waals surface area contributed by atoms with Crippen LogP contribution in [-0.4, -0.2) is 47.2 Å². The minimum absolute atomic E-state index is 0.0750. The first-order valence-electron chi connectivity index (χ1n) is 8.22. The molecule has 1 aliphatic carbocycles. The van der Waals surface area contributed by atoms with E-state index in [1.54, 1.807) is 0 Å². The molecule has 4 atom stereocenters. The van der Waals surface area contributed by atoms with E-state index in [2.05, 4.69) is 24.1 Å². The Bertz CT molecular complexity index is 332. The highest BCUT2D eigenvalue weighted by molar-refractivity contribution is 5.81. The Labute approximate surface area is 122 Å². The molecule has 4 unspecified atom stereocenters. The fourth-order valence-electron chi connectivity index (χ4n) is 3.78. The third-order valence-corrected chi connectivity index (χ3v) is 4.93. The molecular weight excluding hydrogens is 252 g/mol. The van der Waals surface area contributed by atoms with Gasteiger partial charge in [0.05, 0.1) is 12.1 Å². The second-order valence-corrected chi connectivity index (χ2v) is 6.92. The normalized spacial score (nSPS) is 32.8. The smallest absolute Gasteiger partial charge is 0.237 e. The molecule has 1 saturated carbocycles. The third kappa shape index (κ3) is 3.53. The van der Waals surface area contributed by atoms with Crippen molar-refractivity contribution in [1.82, 2.24) is 10.2 Å². The SMILES string of the molecule is CC(C)CNC(=O)C(C)N1CCCC1C1CCCC1O. The molecule has 1 heterocycles. The lowest BCUT2D eigenvalue weighted by atomic mass is 9.93. The highest BCUT2D eigenvalue weighted by Crippen LogP contribution is 2.36. The molecule has 1 amide bonds. The summed E-state index contributed by atoms with van der Waals surface area (Å²) in [4.78, 5) is 14.6. The summed E-state index contributed by atoms with van der Waals surface area (Å²) in [5.41, 5.74) is 0. The van der Waals surface area contributed by atoms with E-state index in [1.807, 2.05) is 6.92 Å². The molecular formula is C16H30N2O2. The summed E-state index contributed by atoms with van der Waals surface area (Å²) in [5.74, 6) is 0.994. The number of hydrogen-bond donors (Lipinski definition) is 2. The van der Waals surface area contributed by atoms with Crippen LogP contribution >= 0.6 is 0 Å². The molecule has 2 N–H and O–H groups in total. The number of nitrogens with one attached hydrogen (secondary N) is 1. The lowest BCUT2D eigenvalue weighted by Gasteiger charge is -2.34. The summed E-state index contributed by atoms with van der Waals surface area (Å²) >= 11 is 0. The van der Waals surface area contributed by atoms with Crippen LogP contribution in [-0.2, 0) is 4.79 Å². The van der Waals surface area contributed by atoms with Gasteiger partial charge in [-0.25, -0.2) is 0 Å². The Kier molecular flexibility index (Phi) is 5.44. The van der Waals surface area contributed by atoms with Crippen LogP contribution in [0.15, 0.2) is 0 Å². The zero-order valence-corrected chi connectivity index (χ0v) is 13.1. The predicted octanol–water partition coefficient (Wildman–Crippen LogP) is 1.77. The molecule has 0 radical (unpaired) electrons. The summed E-state index contributed by atoms with van der Waals surface area (Å²) in [5, 5.41) is 13.2. The molecule has 0 aromatic carbocycles. The quantitative estimate of drug-likeness (QED) is 0.808. The molecule has 2 rings (SSSR count). The van der Waals surface area contributed by atoms with Gasteiger partial charge in [0.2, 0.25) is 5.91 Å². The van der Waals surface area contributed by atoms with Gasteiger partial charge in [-0.2, -0.15) is 0 Å². The second-order valence-electron chi connectivity index (χ2n) is 6.92. The maximum absolute atomic E-state index is 12.3. The number of aliphatic hydroxyl groups is 1. The maximum Gasteiger partial charge on any atom is 0.237 e. The van der Waals surface area contributed by atoms with Crippen molar-refractivity contribution in [2.45, 2.75) is 71.1 Å². The van der Waals surface area contributed by atoms with Gasteiger partial charge in [-0.05, 0) is 45.1 Å². The summed E-state index contributed by atoms with van der Waals surface area (Å²) in [6, 6.07) is 0.321. The first kappa shape index (κ1) is 15.8. The van der Waals surface area contributed by atoms with Crippen LogP contribution in [0.2, 0.25) is 0 Å². The number of rotatable bonds is 5. The molecule has 0 bridgehead atoms. The number of carbonyl (C=O) groups is 1. The van der Waals surface area contributed by atoms with Crippen LogP contribution in [0.4, 0.5) is 0 Å². The van der Waals surface area contributed by atoms with Gasteiger partial charge in [-0.1, -0.05) is 20.3 Å². The average molecular weight is 282 g/mol. The van der Waals surface area contributed by atoms with Crippen molar-refractivity contribution < 1.29 is 9.90 Å². The minimum Gasteiger partial charge on any atom is -0.393 e. The van der Waals surface area contributed by atoms with Gasteiger partial charge in [-0.15, -0.1) is 0 Å². The Morgan fingerprint density at radius 1 is 1.25 bits per heavy atom. The molecule has 0 spiro atoms. The molecule has 4 nitrogen and oxygen atoms in total. The van der Waals surface area contributed by atoms with E-state index in [-0.39, 0.29) is 18.1 Å². The van der Waals surface area contributed by atoms with Crippen molar-refractivity contribution in [3.63, 3.8) is 0 Å². The van der Waals surface area contributed by atoms with Crippen molar-refractivity contribution >= 4 is 5.91 Å². The van der Waals surface area contributed by atoms with Crippen LogP contribution in [0.1, 0.15) is 52.9 Å². The molecule has 116 valence electrons. The van der Waals surface area contributed by atoms with Crippen molar-refractivity contribution in [2.24, 2.45) is 11.8 Å². The van der Waals surface area contributed by atoms with Gasteiger partial charge in [0.15, 0.2) is 0 Å². The van der Waals surface area contributed by atoms with Crippen molar-refractivity contribution in [3.8, 4) is 0 Å². The van der Waals surface area contributed by atoms with Crippen LogP contribution in [0.25, 0.3) is 0 Å². The van der Waals surface area contributed by atoms with E-state index in [9.17, 15) is 9.90 Å². The Hall–Kier alpha value is -0.610. The van der Waals surface area contributed by atoms with Crippen LogP contribution in [0.3, 0.4) is 0 Å². The number of carbonyl (C=O) groups excluding carboxylic acids is 1. The standard InChI is InChI=1S/C16H30N2O2/c1-11(2)10-17-16(20)12(3)18-9-5-7-14(18)13-6-4-8-15(13)19/h11-15,19H,4-10H2,1-3H3,(H,17,20). The van der Waals surface area contributed by atoms with E-state index < -0.39 is 0 Å². The van der Waals surface area contributed by atoms with E-state index in [4.69, 9.17) is 0 Å². The fourth-order valence-corrected chi connectivity index (χ4v) is 3.78. The van der Waals surface area contributed by atoms with E-state index in [0.717, 1.165) is 45.2 Å². The van der Waals surface area contributed by atoms with Gasteiger partial charge in [0.1, 0.15) is 0 Å². The second kappa shape index (κ2) is 6.90. The number of amides is 1. The summed E-state index contributed by atoms with van der Waals surface area (Å²) in [6.45, 7) is 7.96. The van der Waals surface area contributed by atoms with Gasteiger partial charge < -0.3 is 10.4 Å². The topological polar surface area (TPSA) is 52.6 Å². The minimum atomic E-state index is -0.161. The number of nitrogens with zero attached hydrogens (tertiary/aromatic N) is 1. The van der Waals surface area contributed by atoms with E-state index in [1.165, 1.54) is 0 Å². The number of likely N-dealkylation sites (tertiary alicyclic amines) is 1. The maximum atomic E-state index is 12.3. The molecule has 0 aromatic rings. The Balaban J connectivity index is 1.93. The highest BCUT2D eigenvalue weighted by Gasteiger charge is 2.41. The Morgan fingerprint density at radius 2 is 2.00 bits per heavy atom. The van der Waals surface area contributed by atoms with Crippen LogP contribution in [0.5, 0.6) is 0 Å². The van der Waals surface area contributed by atoms with Gasteiger partial charge in [-0.3, -0.25) is 9.69 Å². The lowest BCUT2D eigenvalue weighted by Crippen LogP contribution is -2.50. The average Bonchev–Trinajstić information content (AvgIpc) is 3.02. The highest BCUT2D eigenvalue weighted by atomic mass is 16.3. The number of hydrogen-bond acceptors (Lipinski definition) is 3. The van der Waals surface area contributed by atoms with E-state index >= 15 is 0 Å². The monoisotopic (exact) mass is 282 g/mol. The zero-order valence-electron chi connectivity index (χ0n) is 13.1. The summed E-state index contributed by atoms with van der Waals surface area (Å²) < 4.78 is 0. The van der Waals surface area contributed by atoms with Gasteiger partial charge >= 0.3 is 0 Å². The van der Waals surface area contributed by atoms with Gasteiger partial charge in [0, 0.05) is 18.5 Å². The third-order valence-electron chi connectivity index (χ3n) is 4.93. The molecule has 1 aliphatic heterocycles. The zero-order chi connectivity index (χ0) is 14.7. The molecule has 0 aromatic heterocycles. The molecule has 20 heavy (non-hydrogen) atoms. The van der Waals surface area contributed by atoms with Crippen molar-refractivity contribution in [3.05, 3.63) is 0 Å². The van der Waals surface area contributed by atoms with Crippen molar-refractivity contribution in [1.29, 1.82) is 0 Å². The largest absolute Gasteiger partial charge is 0.393 e. The van der Waals surface area contributed by atoms with Gasteiger partial charge in [0.25, 0.3) is 0 Å².